The highest BCUT2D eigenvalue weighted by molar-refractivity contribution is 7.89. The number of anilines is 1. The first-order valence-electron chi connectivity index (χ1n) is 15.9. The van der Waals surface area contributed by atoms with Crippen molar-refractivity contribution < 1.29 is 40.2 Å². The van der Waals surface area contributed by atoms with Crippen LogP contribution in [0, 0.1) is 10.1 Å². The highest BCUT2D eigenvalue weighted by atomic mass is 32.2. The van der Waals surface area contributed by atoms with E-state index in [2.05, 4.69) is 104 Å². The number of nitro groups is 1. The molecule has 47 heavy (non-hydrogen) atoms. The van der Waals surface area contributed by atoms with Crippen LogP contribution >= 0.6 is 0 Å². The number of nitrogens with zero attached hydrogens (tertiary/aromatic N) is 1. The number of hydrogen-bond acceptors (Lipinski definition) is 11. The molecule has 3 N–H and O–H groups in total. The minimum Gasteiger partial charge on any atom is -0.415 e. The van der Waals surface area contributed by atoms with E-state index in [1.165, 1.54) is 12.1 Å². The van der Waals surface area contributed by atoms with Crippen molar-refractivity contribution in [2.45, 2.75) is 133 Å². The highest BCUT2D eigenvalue weighted by Gasteiger charge is 2.62. The highest BCUT2D eigenvalue weighted by Crippen LogP contribution is 2.43. The molecule has 0 bridgehead atoms. The van der Waals surface area contributed by atoms with Crippen molar-refractivity contribution >= 4 is 63.0 Å². The fraction of sp³-hybridized carbons (Fsp3) is 0.786. The molecule has 0 aliphatic carbocycles. The zero-order chi connectivity index (χ0) is 36.6. The van der Waals surface area contributed by atoms with Crippen molar-refractivity contribution in [2.75, 3.05) is 18.5 Å². The first-order chi connectivity index (χ1) is 20.8. The number of benzene rings is 1. The van der Waals surface area contributed by atoms with E-state index in [4.69, 9.17) is 32.0 Å². The minimum absolute atomic E-state index is 0.00941. The maximum Gasteiger partial charge on any atom is 0.293 e. The molecule has 19 heteroatoms. The summed E-state index contributed by atoms with van der Waals surface area (Å²) in [7, 11) is -15.6. The van der Waals surface area contributed by atoms with E-state index < -0.39 is 92.4 Å². The predicted octanol–water partition coefficient (Wildman–Crippen LogP) is 6.11. The van der Waals surface area contributed by atoms with Gasteiger partial charge in [-0.2, -0.15) is 0 Å². The summed E-state index contributed by atoms with van der Waals surface area (Å²) in [5, 5.41) is 20.8. The number of hydrogen-bond donors (Lipinski definition) is 2. The Morgan fingerprint density at radius 1 is 0.830 bits per heavy atom. The van der Waals surface area contributed by atoms with Crippen molar-refractivity contribution in [3.8, 4) is 0 Å². The Morgan fingerprint density at radius 2 is 1.34 bits per heavy atom. The smallest absolute Gasteiger partial charge is 0.293 e. The van der Waals surface area contributed by atoms with Gasteiger partial charge >= 0.3 is 0 Å². The molecule has 1 aromatic rings. The van der Waals surface area contributed by atoms with Gasteiger partial charge in [-0.1, -0.05) is 0 Å². The Kier molecular flexibility index (Phi) is 13.3. The molecule has 0 aromatic heterocycles. The lowest BCUT2D eigenvalue weighted by molar-refractivity contribution is -0.384. The Bertz CT molecular complexity index is 1350. The van der Waals surface area contributed by atoms with Crippen LogP contribution in [0.15, 0.2) is 23.1 Å². The van der Waals surface area contributed by atoms with Gasteiger partial charge in [0.1, 0.15) is 29.6 Å². The lowest BCUT2D eigenvalue weighted by atomic mass is 9.83. The molecule has 1 saturated heterocycles. The maximum atomic E-state index is 12.2. The van der Waals surface area contributed by atoms with E-state index in [9.17, 15) is 18.5 Å². The fourth-order valence-electron chi connectivity index (χ4n) is 5.16. The van der Waals surface area contributed by atoms with Crippen LogP contribution in [0.3, 0.4) is 0 Å². The molecular weight excluding hydrogens is 711 g/mol. The molecule has 0 radical (unpaired) electrons. The van der Waals surface area contributed by atoms with E-state index in [-0.39, 0.29) is 23.7 Å². The lowest BCUT2D eigenvalue weighted by Crippen LogP contribution is -2.76. The van der Waals surface area contributed by atoms with Gasteiger partial charge in [-0.15, -0.1) is 0 Å². The van der Waals surface area contributed by atoms with Gasteiger partial charge < -0.3 is 32.2 Å². The van der Waals surface area contributed by atoms with Crippen LogP contribution in [0.2, 0.25) is 98.2 Å². The van der Waals surface area contributed by atoms with Gasteiger partial charge in [0.25, 0.3) is 5.69 Å². The second-order valence-corrected chi connectivity index (χ2v) is 40.9. The Labute approximate surface area is 287 Å². The van der Waals surface area contributed by atoms with Crippen LogP contribution in [-0.2, 0) is 36.9 Å². The average molecular weight is 770 g/mol. The normalized spacial score (nSPS) is 25.1. The monoisotopic (exact) mass is 769 g/mol. The molecule has 0 spiro atoms. The molecule has 13 nitrogen and oxygen atoms in total. The van der Waals surface area contributed by atoms with Crippen molar-refractivity contribution in [1.29, 1.82) is 0 Å². The molecule has 0 saturated carbocycles. The van der Waals surface area contributed by atoms with E-state index in [1.807, 2.05) is 0 Å². The summed E-state index contributed by atoms with van der Waals surface area (Å²) in [5.41, 5.74) is -1.61. The van der Waals surface area contributed by atoms with Crippen molar-refractivity contribution in [3.63, 3.8) is 0 Å². The lowest BCUT2D eigenvalue weighted by Gasteiger charge is -2.58. The minimum atomic E-state index is -4.18. The molecule has 5 atom stereocenters. The van der Waals surface area contributed by atoms with Gasteiger partial charge in [-0.05, 0) is 110 Å². The van der Waals surface area contributed by atoms with Crippen LogP contribution < -0.4 is 10.5 Å². The largest absolute Gasteiger partial charge is 0.415 e. The summed E-state index contributed by atoms with van der Waals surface area (Å²) >= 11 is 0. The van der Waals surface area contributed by atoms with E-state index in [1.54, 1.807) is 0 Å². The predicted molar refractivity (Wildman–Crippen MR) is 199 cm³/mol. The Balaban J connectivity index is 2.96. The summed E-state index contributed by atoms with van der Waals surface area (Å²) < 4.78 is 65.5. The van der Waals surface area contributed by atoms with Gasteiger partial charge in [0.2, 0.25) is 10.0 Å². The quantitative estimate of drug-likeness (QED) is 0.113. The number of ether oxygens (including phenoxy) is 1. The molecule has 0 amide bonds. The van der Waals surface area contributed by atoms with Crippen LogP contribution in [0.1, 0.15) is 0 Å². The number of rotatable bonds is 16. The average Bonchev–Trinajstić information content (AvgIpc) is 2.81. The Morgan fingerprint density at radius 3 is 1.77 bits per heavy atom. The number of nitro benzene ring substituents is 1. The standard InChI is InChI=1S/C28H59N3O10SSi5/c1-43(2,3)36-19-24-25(38-44(4,5)6)28(41-47(13,14)15,26(39-45(7,8)9)27(37-24)40-46(10,11)12)20-30-22-17-16-21(42(29,34)35)18-23(22)31(32)33/h16-18,24-27,30H,19-20H2,1-15H3,(H2,29,34,35)/t24-,25-,26-,27-,28+/m1/s1. The molecular formula is C28H59N3O10SSi5. The first kappa shape index (κ1) is 42.3. The third-order valence-electron chi connectivity index (χ3n) is 6.51. The van der Waals surface area contributed by atoms with Crippen LogP contribution in [0.25, 0.3) is 0 Å². The van der Waals surface area contributed by atoms with Gasteiger partial charge in [0, 0.05) is 12.6 Å². The third-order valence-corrected chi connectivity index (χ3v) is 12.3. The zero-order valence-corrected chi connectivity index (χ0v) is 36.8. The van der Waals surface area contributed by atoms with E-state index in [0.717, 1.165) is 6.07 Å². The van der Waals surface area contributed by atoms with E-state index in [0.29, 0.717) is 0 Å². The Hall–Kier alpha value is -0.826. The van der Waals surface area contributed by atoms with Crippen molar-refractivity contribution in [1.82, 2.24) is 0 Å². The summed E-state index contributed by atoms with van der Waals surface area (Å²) in [4.78, 5) is 11.2. The first-order valence-corrected chi connectivity index (χ1v) is 34.5. The molecule has 1 aromatic carbocycles. The number of nitrogens with one attached hydrogen (secondary N) is 1. The SMILES string of the molecule is C[Si](C)(C)OC[C@H]1O[C@H](O[Si](C)(C)C)[C@@H](O[Si](C)(C)C)[C@@](CNc2ccc(S(N)(=O)=O)cc2[N+](=O)[O-])(O[Si](C)(C)C)[C@@H]1O[Si](C)(C)C. The number of primary sulfonamides is 1. The zero-order valence-electron chi connectivity index (χ0n) is 31.0. The summed E-state index contributed by atoms with van der Waals surface area (Å²) in [5.74, 6) is 0. The second kappa shape index (κ2) is 14.8. The second-order valence-electron chi connectivity index (χ2n) is 17.0. The molecule has 2 rings (SSSR count). The van der Waals surface area contributed by atoms with Gasteiger partial charge in [-0.25, -0.2) is 13.6 Å². The van der Waals surface area contributed by atoms with E-state index >= 15 is 0 Å². The number of sulfonamides is 1. The molecule has 1 fully saturated rings. The van der Waals surface area contributed by atoms with Crippen molar-refractivity contribution in [2.24, 2.45) is 5.14 Å². The molecule has 1 aliphatic heterocycles. The van der Waals surface area contributed by atoms with Gasteiger partial charge in [0.05, 0.1) is 16.4 Å². The van der Waals surface area contributed by atoms with Crippen LogP contribution in [-0.4, -0.2) is 98.3 Å². The third kappa shape index (κ3) is 13.4. The summed E-state index contributed by atoms with van der Waals surface area (Å²) in [6, 6.07) is 3.56. The van der Waals surface area contributed by atoms with Crippen molar-refractivity contribution in [3.05, 3.63) is 28.3 Å². The number of nitrogens with two attached hydrogens (primary N) is 1. The molecule has 0 unspecified atom stereocenters. The maximum absolute atomic E-state index is 12.2. The summed E-state index contributed by atoms with van der Waals surface area (Å²) in [6.45, 7) is 31.5. The van der Waals surface area contributed by atoms with Gasteiger partial charge in [0.15, 0.2) is 47.9 Å². The fourth-order valence-corrected chi connectivity index (χ4v) is 10.9. The van der Waals surface area contributed by atoms with Gasteiger partial charge in [-0.3, -0.25) is 10.1 Å². The summed E-state index contributed by atoms with van der Waals surface area (Å²) in [6.07, 6.45) is -2.96. The van der Waals surface area contributed by atoms with Crippen LogP contribution in [0.5, 0.6) is 0 Å². The topological polar surface area (TPSA) is 171 Å². The molecule has 1 aliphatic rings. The van der Waals surface area contributed by atoms with Crippen LogP contribution in [0.4, 0.5) is 11.4 Å². The molecule has 1 heterocycles. The molecule has 272 valence electrons.